The van der Waals surface area contributed by atoms with Gasteiger partial charge in [-0.15, -0.1) is 0 Å². The summed E-state index contributed by atoms with van der Waals surface area (Å²) in [5, 5.41) is 11.7. The van der Waals surface area contributed by atoms with Gasteiger partial charge in [-0.05, 0) is 30.3 Å². The summed E-state index contributed by atoms with van der Waals surface area (Å²) in [6, 6.07) is 14.3. The Hall–Kier alpha value is -2.65. The van der Waals surface area contributed by atoms with Crippen LogP contribution in [0.15, 0.2) is 63.9 Å². The number of amides is 1. The van der Waals surface area contributed by atoms with Gasteiger partial charge in [-0.2, -0.15) is 0 Å². The number of furan rings is 1. The normalized spacial score (nSPS) is 15.3. The van der Waals surface area contributed by atoms with Gasteiger partial charge in [0.2, 0.25) is 0 Å². The molecule has 3 aromatic rings. The lowest BCUT2D eigenvalue weighted by Crippen LogP contribution is -2.27. The van der Waals surface area contributed by atoms with E-state index in [1.807, 2.05) is 0 Å². The van der Waals surface area contributed by atoms with Crippen molar-refractivity contribution in [2.75, 3.05) is 4.90 Å². The van der Waals surface area contributed by atoms with E-state index in [9.17, 15) is 14.9 Å². The maximum absolute atomic E-state index is 12.9. The quantitative estimate of drug-likeness (QED) is 0.183. The third-order valence-electron chi connectivity index (χ3n) is 4.19. The number of non-ortho nitro benzene ring substituents is 1. The van der Waals surface area contributed by atoms with E-state index >= 15 is 0 Å². The second-order valence-electron chi connectivity index (χ2n) is 6.12. The fraction of sp³-hybridized carbons (Fsp3) is 0. The van der Waals surface area contributed by atoms with E-state index in [1.165, 1.54) is 17.0 Å². The summed E-state index contributed by atoms with van der Waals surface area (Å²) in [6.07, 6.45) is 1.57. The monoisotopic (exact) mass is 476 g/mol. The van der Waals surface area contributed by atoms with Crippen LogP contribution in [0.3, 0.4) is 0 Å². The first-order valence-corrected chi connectivity index (χ1v) is 10.4. The predicted molar refractivity (Wildman–Crippen MR) is 123 cm³/mol. The van der Waals surface area contributed by atoms with E-state index in [-0.39, 0.29) is 11.6 Å². The van der Waals surface area contributed by atoms with Gasteiger partial charge >= 0.3 is 0 Å². The van der Waals surface area contributed by atoms with E-state index < -0.39 is 4.92 Å². The van der Waals surface area contributed by atoms with Crippen LogP contribution < -0.4 is 4.90 Å². The molecular formula is C20H10Cl2N2O4S2. The lowest BCUT2D eigenvalue weighted by atomic mass is 10.1. The third kappa shape index (κ3) is 3.99. The van der Waals surface area contributed by atoms with E-state index in [0.29, 0.717) is 42.0 Å². The average Bonchev–Trinajstić information content (AvgIpc) is 3.28. The molecule has 1 saturated heterocycles. The Morgan fingerprint density at radius 2 is 1.93 bits per heavy atom. The first kappa shape index (κ1) is 20.6. The molecule has 0 spiro atoms. The number of thiocarbonyl (C=S) groups is 1. The molecule has 1 aliphatic rings. The first-order chi connectivity index (χ1) is 14.3. The van der Waals surface area contributed by atoms with Gasteiger partial charge in [-0.1, -0.05) is 59.3 Å². The van der Waals surface area contributed by atoms with Crippen LogP contribution in [0.25, 0.3) is 17.4 Å². The van der Waals surface area contributed by atoms with Crippen molar-refractivity contribution in [3.8, 4) is 11.3 Å². The van der Waals surface area contributed by atoms with Gasteiger partial charge < -0.3 is 4.42 Å². The van der Waals surface area contributed by atoms with E-state index in [0.717, 1.165) is 11.8 Å². The molecular weight excluding hydrogens is 467 g/mol. The van der Waals surface area contributed by atoms with Gasteiger partial charge in [-0.25, -0.2) is 0 Å². The zero-order valence-corrected chi connectivity index (χ0v) is 18.0. The number of hydrogen-bond donors (Lipinski definition) is 0. The zero-order chi connectivity index (χ0) is 21.4. The topological polar surface area (TPSA) is 76.6 Å². The number of benzene rings is 2. The SMILES string of the molecule is O=C1/C(=C/c2ccc(-c3cccc([N+](=O)[O-])c3)o2)SC(=S)N1c1ccc(Cl)cc1Cl. The molecule has 0 radical (unpaired) electrons. The number of anilines is 1. The van der Waals surface area contributed by atoms with Gasteiger partial charge in [0.05, 0.1) is 20.5 Å². The van der Waals surface area contributed by atoms with E-state index in [1.54, 1.807) is 48.5 Å². The molecule has 30 heavy (non-hydrogen) atoms. The fourth-order valence-electron chi connectivity index (χ4n) is 2.83. The van der Waals surface area contributed by atoms with Crippen LogP contribution in [0.2, 0.25) is 10.0 Å². The predicted octanol–water partition coefficient (Wildman–Crippen LogP) is 6.57. The van der Waals surface area contributed by atoms with E-state index in [2.05, 4.69) is 0 Å². The fourth-order valence-corrected chi connectivity index (χ4v) is 4.58. The summed E-state index contributed by atoms with van der Waals surface area (Å²) in [7, 11) is 0. The highest BCUT2D eigenvalue weighted by Gasteiger charge is 2.34. The molecule has 4 rings (SSSR count). The lowest BCUT2D eigenvalue weighted by molar-refractivity contribution is -0.384. The minimum absolute atomic E-state index is 0.0360. The molecule has 1 amide bonds. The Balaban J connectivity index is 1.62. The Labute approximate surface area is 190 Å². The lowest BCUT2D eigenvalue weighted by Gasteiger charge is -2.16. The van der Waals surface area contributed by atoms with Crippen LogP contribution in [-0.2, 0) is 4.79 Å². The van der Waals surface area contributed by atoms with Gasteiger partial charge in [0.15, 0.2) is 4.32 Å². The second kappa shape index (κ2) is 8.23. The molecule has 0 aliphatic carbocycles. The number of rotatable bonds is 4. The zero-order valence-electron chi connectivity index (χ0n) is 14.9. The number of halogens is 2. The summed E-state index contributed by atoms with van der Waals surface area (Å²) in [5.41, 5.74) is 0.971. The van der Waals surface area contributed by atoms with E-state index in [4.69, 9.17) is 39.8 Å². The molecule has 2 aromatic carbocycles. The molecule has 0 bridgehead atoms. The van der Waals surface area contributed by atoms with Crippen LogP contribution in [0, 0.1) is 10.1 Å². The Kier molecular flexibility index (Phi) is 5.66. The molecule has 0 atom stereocenters. The Morgan fingerprint density at radius 3 is 2.67 bits per heavy atom. The van der Waals surface area contributed by atoms with Crippen LogP contribution >= 0.6 is 47.2 Å². The van der Waals surface area contributed by atoms with Crippen LogP contribution in [-0.4, -0.2) is 15.2 Å². The highest BCUT2D eigenvalue weighted by molar-refractivity contribution is 8.27. The largest absolute Gasteiger partial charge is 0.457 e. The molecule has 1 aromatic heterocycles. The van der Waals surface area contributed by atoms with Crippen molar-refractivity contribution in [2.45, 2.75) is 0 Å². The van der Waals surface area contributed by atoms with Crippen LogP contribution in [0.5, 0.6) is 0 Å². The summed E-state index contributed by atoms with van der Waals surface area (Å²) in [6.45, 7) is 0. The summed E-state index contributed by atoms with van der Waals surface area (Å²) >= 11 is 18.6. The third-order valence-corrected chi connectivity index (χ3v) is 6.03. The van der Waals surface area contributed by atoms with Crippen molar-refractivity contribution in [2.24, 2.45) is 0 Å². The second-order valence-corrected chi connectivity index (χ2v) is 8.64. The maximum Gasteiger partial charge on any atom is 0.270 e. The standard InChI is InChI=1S/C20H10Cl2N2O4S2/c21-12-4-6-16(15(22)9-12)23-19(25)18(30-20(23)29)10-14-5-7-17(28-14)11-2-1-3-13(8-11)24(26)27/h1-10H/b18-10-. The highest BCUT2D eigenvalue weighted by Crippen LogP contribution is 2.40. The van der Waals surface area contributed by atoms with Crippen LogP contribution in [0.1, 0.15) is 5.76 Å². The number of carbonyl (C=O) groups excluding carboxylic acids is 1. The van der Waals surface area contributed by atoms with Gasteiger partial charge in [0, 0.05) is 28.8 Å². The smallest absolute Gasteiger partial charge is 0.270 e. The number of carbonyl (C=O) groups is 1. The van der Waals surface area contributed by atoms with Gasteiger partial charge in [-0.3, -0.25) is 19.8 Å². The molecule has 0 unspecified atom stereocenters. The van der Waals surface area contributed by atoms with Crippen molar-refractivity contribution >= 4 is 74.9 Å². The molecule has 1 aliphatic heterocycles. The molecule has 6 nitrogen and oxygen atoms in total. The van der Waals surface area contributed by atoms with Gasteiger partial charge in [0.1, 0.15) is 11.5 Å². The van der Waals surface area contributed by atoms with Crippen molar-refractivity contribution in [3.05, 3.63) is 85.4 Å². The maximum atomic E-state index is 12.9. The molecule has 10 heteroatoms. The Bertz CT molecular complexity index is 1240. The van der Waals surface area contributed by atoms with Crippen molar-refractivity contribution in [1.82, 2.24) is 0 Å². The molecule has 150 valence electrons. The Morgan fingerprint density at radius 1 is 1.13 bits per heavy atom. The summed E-state index contributed by atoms with van der Waals surface area (Å²) < 4.78 is 6.09. The molecule has 2 heterocycles. The first-order valence-electron chi connectivity index (χ1n) is 8.41. The number of nitrogens with zero attached hydrogens (tertiary/aromatic N) is 2. The van der Waals surface area contributed by atoms with Gasteiger partial charge in [0.25, 0.3) is 11.6 Å². The summed E-state index contributed by atoms with van der Waals surface area (Å²) in [5.74, 6) is 0.530. The number of nitro benzene ring substituents is 1. The molecule has 0 saturated carbocycles. The minimum atomic E-state index is -0.472. The van der Waals surface area contributed by atoms with Crippen molar-refractivity contribution < 1.29 is 14.1 Å². The molecule has 1 fully saturated rings. The number of hydrogen-bond acceptors (Lipinski definition) is 6. The number of thioether (sulfide) groups is 1. The average molecular weight is 477 g/mol. The summed E-state index contributed by atoms with van der Waals surface area (Å²) in [4.78, 5) is 25.1. The minimum Gasteiger partial charge on any atom is -0.457 e. The molecule has 0 N–H and O–H groups in total. The number of nitro groups is 1. The van der Waals surface area contributed by atoms with Crippen molar-refractivity contribution in [3.63, 3.8) is 0 Å². The van der Waals surface area contributed by atoms with Crippen LogP contribution in [0.4, 0.5) is 11.4 Å². The highest BCUT2D eigenvalue weighted by atomic mass is 35.5. The van der Waals surface area contributed by atoms with Crippen molar-refractivity contribution in [1.29, 1.82) is 0 Å².